The maximum Gasteiger partial charge on any atom is 0.124 e. The molecule has 0 aromatic heterocycles. The van der Waals surface area contributed by atoms with E-state index in [2.05, 4.69) is 6.07 Å². The SMILES string of the molecule is COc1ccccc1[C@H]1C[C@H]2O[C@H]2CO1. The summed E-state index contributed by atoms with van der Waals surface area (Å²) in [6.45, 7) is 0.716. The maximum absolute atomic E-state index is 5.76. The fraction of sp³-hybridized carbons (Fsp3) is 0.500. The fourth-order valence-corrected chi connectivity index (χ4v) is 2.17. The largest absolute Gasteiger partial charge is 0.496 e. The smallest absolute Gasteiger partial charge is 0.124 e. The van der Waals surface area contributed by atoms with E-state index in [1.165, 1.54) is 0 Å². The number of para-hydroxylation sites is 1. The third-order valence-corrected chi connectivity index (χ3v) is 3.08. The summed E-state index contributed by atoms with van der Waals surface area (Å²) in [6, 6.07) is 8.02. The second-order valence-electron chi connectivity index (χ2n) is 4.01. The molecule has 0 saturated carbocycles. The molecule has 0 unspecified atom stereocenters. The molecule has 0 radical (unpaired) electrons. The molecule has 2 fully saturated rings. The van der Waals surface area contributed by atoms with Gasteiger partial charge in [0, 0.05) is 12.0 Å². The average Bonchev–Trinajstić information content (AvgIpc) is 3.07. The number of rotatable bonds is 2. The number of hydrogen-bond acceptors (Lipinski definition) is 3. The summed E-state index contributed by atoms with van der Waals surface area (Å²) in [5, 5.41) is 0. The van der Waals surface area contributed by atoms with Gasteiger partial charge in [0.1, 0.15) is 11.9 Å². The van der Waals surface area contributed by atoms with Gasteiger partial charge in [-0.05, 0) is 6.07 Å². The van der Waals surface area contributed by atoms with Crippen LogP contribution in [-0.4, -0.2) is 25.9 Å². The van der Waals surface area contributed by atoms with Crippen molar-refractivity contribution in [3.8, 4) is 5.75 Å². The van der Waals surface area contributed by atoms with E-state index < -0.39 is 0 Å². The number of fused-ring (bicyclic) bond motifs is 1. The highest BCUT2D eigenvalue weighted by molar-refractivity contribution is 5.35. The molecule has 2 aliphatic heterocycles. The number of epoxide rings is 1. The Morgan fingerprint density at radius 1 is 1.27 bits per heavy atom. The van der Waals surface area contributed by atoms with E-state index in [1.54, 1.807) is 7.11 Å². The first-order valence-electron chi connectivity index (χ1n) is 5.28. The molecule has 2 heterocycles. The van der Waals surface area contributed by atoms with Crippen molar-refractivity contribution in [1.29, 1.82) is 0 Å². The van der Waals surface area contributed by atoms with E-state index in [1.807, 2.05) is 18.2 Å². The van der Waals surface area contributed by atoms with Gasteiger partial charge in [0.15, 0.2) is 0 Å². The number of hydrogen-bond donors (Lipinski definition) is 0. The Labute approximate surface area is 89.0 Å². The van der Waals surface area contributed by atoms with Crippen LogP contribution in [0.5, 0.6) is 5.75 Å². The minimum atomic E-state index is 0.130. The third kappa shape index (κ3) is 1.62. The molecule has 2 saturated heterocycles. The van der Waals surface area contributed by atoms with Crippen LogP contribution in [0.15, 0.2) is 24.3 Å². The monoisotopic (exact) mass is 206 g/mol. The Bertz CT molecular complexity index is 364. The highest BCUT2D eigenvalue weighted by Gasteiger charge is 2.45. The molecule has 3 atom stereocenters. The third-order valence-electron chi connectivity index (χ3n) is 3.08. The zero-order valence-electron chi connectivity index (χ0n) is 8.68. The van der Waals surface area contributed by atoms with E-state index >= 15 is 0 Å². The zero-order valence-corrected chi connectivity index (χ0v) is 8.68. The van der Waals surface area contributed by atoms with Crippen molar-refractivity contribution in [3.63, 3.8) is 0 Å². The lowest BCUT2D eigenvalue weighted by Gasteiger charge is -2.22. The quantitative estimate of drug-likeness (QED) is 0.693. The van der Waals surface area contributed by atoms with Crippen molar-refractivity contribution in [1.82, 2.24) is 0 Å². The van der Waals surface area contributed by atoms with Gasteiger partial charge in [-0.25, -0.2) is 0 Å². The van der Waals surface area contributed by atoms with Crippen LogP contribution in [-0.2, 0) is 9.47 Å². The van der Waals surface area contributed by atoms with Crippen LogP contribution in [0.3, 0.4) is 0 Å². The Kier molecular flexibility index (Phi) is 2.15. The van der Waals surface area contributed by atoms with Crippen molar-refractivity contribution in [2.45, 2.75) is 24.7 Å². The molecule has 3 heteroatoms. The Hall–Kier alpha value is -1.06. The molecule has 0 amide bonds. The molecule has 1 aromatic carbocycles. The first kappa shape index (κ1) is 9.19. The van der Waals surface area contributed by atoms with Crippen LogP contribution < -0.4 is 4.74 Å². The Balaban J connectivity index is 1.84. The van der Waals surface area contributed by atoms with Crippen molar-refractivity contribution in [2.75, 3.05) is 13.7 Å². The van der Waals surface area contributed by atoms with E-state index in [9.17, 15) is 0 Å². The van der Waals surface area contributed by atoms with E-state index in [0.29, 0.717) is 18.8 Å². The zero-order chi connectivity index (χ0) is 10.3. The lowest BCUT2D eigenvalue weighted by atomic mass is 10.0. The van der Waals surface area contributed by atoms with E-state index in [4.69, 9.17) is 14.2 Å². The summed E-state index contributed by atoms with van der Waals surface area (Å²) in [4.78, 5) is 0. The highest BCUT2D eigenvalue weighted by atomic mass is 16.6. The van der Waals surface area contributed by atoms with Gasteiger partial charge in [-0.15, -0.1) is 0 Å². The van der Waals surface area contributed by atoms with Crippen LogP contribution in [0.25, 0.3) is 0 Å². The summed E-state index contributed by atoms with van der Waals surface area (Å²) in [5.74, 6) is 0.904. The first-order valence-corrected chi connectivity index (χ1v) is 5.28. The summed E-state index contributed by atoms with van der Waals surface area (Å²) in [6.07, 6.45) is 1.85. The van der Waals surface area contributed by atoms with Crippen LogP contribution in [0.4, 0.5) is 0 Å². The minimum absolute atomic E-state index is 0.130. The van der Waals surface area contributed by atoms with Gasteiger partial charge < -0.3 is 14.2 Å². The van der Waals surface area contributed by atoms with Gasteiger partial charge in [0.05, 0.1) is 25.9 Å². The maximum atomic E-state index is 5.76. The molecule has 3 rings (SSSR count). The molecule has 3 nitrogen and oxygen atoms in total. The second-order valence-corrected chi connectivity index (χ2v) is 4.01. The molecule has 0 bridgehead atoms. The fourth-order valence-electron chi connectivity index (χ4n) is 2.17. The molecule has 1 aromatic rings. The summed E-state index contributed by atoms with van der Waals surface area (Å²) in [7, 11) is 1.69. The molecule has 2 aliphatic rings. The molecule has 0 aliphatic carbocycles. The molecular formula is C12H14O3. The predicted molar refractivity (Wildman–Crippen MR) is 55.0 cm³/mol. The van der Waals surface area contributed by atoms with E-state index in [0.717, 1.165) is 17.7 Å². The second kappa shape index (κ2) is 3.51. The first-order chi connectivity index (χ1) is 7.38. The number of ether oxygens (including phenoxy) is 3. The number of benzene rings is 1. The Morgan fingerprint density at radius 2 is 2.13 bits per heavy atom. The van der Waals surface area contributed by atoms with Gasteiger partial charge in [0.25, 0.3) is 0 Å². The van der Waals surface area contributed by atoms with Crippen molar-refractivity contribution >= 4 is 0 Å². The minimum Gasteiger partial charge on any atom is -0.496 e. The number of methoxy groups -OCH3 is 1. The van der Waals surface area contributed by atoms with Gasteiger partial charge in [-0.2, -0.15) is 0 Å². The van der Waals surface area contributed by atoms with Crippen LogP contribution >= 0.6 is 0 Å². The average molecular weight is 206 g/mol. The lowest BCUT2D eigenvalue weighted by molar-refractivity contribution is 0.0275. The normalized spacial score (nSPS) is 33.3. The summed E-state index contributed by atoms with van der Waals surface area (Å²) in [5.41, 5.74) is 1.13. The lowest BCUT2D eigenvalue weighted by Crippen LogP contribution is -2.19. The molecule has 0 N–H and O–H groups in total. The topological polar surface area (TPSA) is 31.0 Å². The Morgan fingerprint density at radius 3 is 2.93 bits per heavy atom. The molecule has 0 spiro atoms. The van der Waals surface area contributed by atoms with Gasteiger partial charge in [-0.3, -0.25) is 0 Å². The van der Waals surface area contributed by atoms with Crippen LogP contribution in [0.2, 0.25) is 0 Å². The standard InChI is InChI=1S/C12H14O3/c1-13-9-5-3-2-4-8(9)10-6-11-12(15-11)7-14-10/h2-5,10-12H,6-7H2,1H3/t10-,11-,12+/m1/s1. The van der Waals surface area contributed by atoms with Crippen molar-refractivity contribution in [2.24, 2.45) is 0 Å². The summed E-state index contributed by atoms with van der Waals surface area (Å²) >= 11 is 0. The molecular weight excluding hydrogens is 192 g/mol. The highest BCUT2D eigenvalue weighted by Crippen LogP contribution is 2.41. The van der Waals surface area contributed by atoms with Gasteiger partial charge in [-0.1, -0.05) is 18.2 Å². The predicted octanol–water partition coefficient (Wildman–Crippen LogP) is 1.92. The summed E-state index contributed by atoms with van der Waals surface area (Å²) < 4.78 is 16.5. The van der Waals surface area contributed by atoms with E-state index in [-0.39, 0.29) is 6.10 Å². The molecule has 15 heavy (non-hydrogen) atoms. The molecule has 80 valence electrons. The van der Waals surface area contributed by atoms with Crippen molar-refractivity contribution < 1.29 is 14.2 Å². The van der Waals surface area contributed by atoms with Crippen molar-refractivity contribution in [3.05, 3.63) is 29.8 Å². The van der Waals surface area contributed by atoms with Crippen LogP contribution in [0.1, 0.15) is 18.1 Å². The van der Waals surface area contributed by atoms with Gasteiger partial charge >= 0.3 is 0 Å². The van der Waals surface area contributed by atoms with Gasteiger partial charge in [0.2, 0.25) is 0 Å². The van der Waals surface area contributed by atoms with Crippen LogP contribution in [0, 0.1) is 0 Å².